The molecule has 142 valence electrons. The maximum Gasteiger partial charge on any atom is 0.186 e. The minimum Gasteiger partial charge on any atom is -0.394 e. The number of nitrogens with zero attached hydrogens (tertiary/aromatic N) is 3. The van der Waals surface area contributed by atoms with Gasteiger partial charge in [-0.05, 0) is 35.6 Å². The van der Waals surface area contributed by atoms with Crippen molar-refractivity contribution in [3.63, 3.8) is 0 Å². The van der Waals surface area contributed by atoms with E-state index < -0.39 is 0 Å². The second kappa shape index (κ2) is 7.75. The van der Waals surface area contributed by atoms with Crippen LogP contribution in [0.1, 0.15) is 28.8 Å². The largest absolute Gasteiger partial charge is 0.394 e. The fourth-order valence-electron chi connectivity index (χ4n) is 4.13. The number of aryl methyl sites for hydroxylation is 2. The average molecular weight is 390 g/mol. The number of benzene rings is 2. The molecule has 0 saturated carbocycles. The number of thiazole rings is 1. The van der Waals surface area contributed by atoms with Crippen molar-refractivity contribution >= 4 is 16.5 Å². The van der Waals surface area contributed by atoms with Crippen molar-refractivity contribution in [1.82, 2.24) is 4.98 Å². The van der Waals surface area contributed by atoms with Crippen LogP contribution in [0, 0.1) is 18.3 Å². The summed E-state index contributed by atoms with van der Waals surface area (Å²) >= 11 is 1.61. The Hall–Kier alpha value is -2.68. The maximum absolute atomic E-state index is 10.2. The van der Waals surface area contributed by atoms with Crippen LogP contribution in [0.5, 0.6) is 0 Å². The Kier molecular flexibility index (Phi) is 5.17. The first kappa shape index (κ1) is 18.7. The third-order valence-electron chi connectivity index (χ3n) is 5.60. The summed E-state index contributed by atoms with van der Waals surface area (Å²) in [6, 6.07) is 18.5. The second-order valence-corrected chi connectivity index (χ2v) is 8.22. The van der Waals surface area contributed by atoms with Gasteiger partial charge in [-0.2, -0.15) is 5.26 Å². The summed E-state index contributed by atoms with van der Waals surface area (Å²) in [5, 5.41) is 20.9. The van der Waals surface area contributed by atoms with Gasteiger partial charge in [0, 0.05) is 17.0 Å². The highest BCUT2D eigenvalue weighted by molar-refractivity contribution is 7.15. The lowest BCUT2D eigenvalue weighted by atomic mass is 9.73. The number of aliphatic hydroxyl groups is 1. The smallest absolute Gasteiger partial charge is 0.186 e. The van der Waals surface area contributed by atoms with Crippen molar-refractivity contribution < 1.29 is 5.11 Å². The lowest BCUT2D eigenvalue weighted by Crippen LogP contribution is -2.63. The van der Waals surface area contributed by atoms with E-state index in [2.05, 4.69) is 49.2 Å². The third-order valence-corrected chi connectivity index (χ3v) is 6.75. The van der Waals surface area contributed by atoms with Gasteiger partial charge in [0.15, 0.2) is 5.13 Å². The van der Waals surface area contributed by atoms with Crippen LogP contribution >= 0.6 is 11.3 Å². The molecule has 4 rings (SSSR count). The predicted octanol–water partition coefficient (Wildman–Crippen LogP) is 4.54. The summed E-state index contributed by atoms with van der Waals surface area (Å²) in [6.45, 7) is 4.19. The van der Waals surface area contributed by atoms with Crippen molar-refractivity contribution in [3.8, 4) is 17.2 Å². The van der Waals surface area contributed by atoms with E-state index >= 15 is 0 Å². The Morgan fingerprint density at radius 1 is 1.14 bits per heavy atom. The molecule has 0 unspecified atom stereocenters. The van der Waals surface area contributed by atoms with Gasteiger partial charge in [0.1, 0.15) is 6.04 Å². The van der Waals surface area contributed by atoms with Crippen molar-refractivity contribution in [2.75, 3.05) is 11.5 Å². The van der Waals surface area contributed by atoms with E-state index in [0.717, 1.165) is 22.7 Å². The molecule has 2 heterocycles. The number of aliphatic hydroxyl groups excluding tert-OH is 1. The molecule has 4 nitrogen and oxygen atoms in total. The summed E-state index contributed by atoms with van der Waals surface area (Å²) in [7, 11) is 0. The first-order valence-corrected chi connectivity index (χ1v) is 10.4. The number of anilines is 1. The van der Waals surface area contributed by atoms with Gasteiger partial charge in [0.25, 0.3) is 0 Å². The number of aromatic nitrogens is 1. The molecule has 1 aliphatic heterocycles. The van der Waals surface area contributed by atoms with Crippen LogP contribution in [-0.4, -0.2) is 28.8 Å². The van der Waals surface area contributed by atoms with Crippen molar-refractivity contribution in [2.24, 2.45) is 0 Å². The van der Waals surface area contributed by atoms with E-state index in [4.69, 9.17) is 0 Å². The first-order valence-electron chi connectivity index (χ1n) is 9.58. The number of rotatable bonds is 5. The monoisotopic (exact) mass is 389 g/mol. The van der Waals surface area contributed by atoms with Gasteiger partial charge in [0.2, 0.25) is 0 Å². The molecule has 3 atom stereocenters. The normalized spacial score (nSPS) is 21.2. The fraction of sp³-hybridized carbons (Fsp3) is 0.304. The fourth-order valence-corrected chi connectivity index (χ4v) is 5.08. The molecule has 1 saturated heterocycles. The van der Waals surface area contributed by atoms with Crippen LogP contribution in [0.15, 0.2) is 54.7 Å². The summed E-state index contributed by atoms with van der Waals surface area (Å²) in [5.41, 5.74) is 4.63. The molecule has 5 heteroatoms. The molecule has 0 radical (unpaired) electrons. The molecule has 1 N–H and O–H groups in total. The number of hydrogen-bond acceptors (Lipinski definition) is 5. The van der Waals surface area contributed by atoms with Crippen LogP contribution in [0.2, 0.25) is 0 Å². The lowest BCUT2D eigenvalue weighted by Gasteiger charge is -2.52. The van der Waals surface area contributed by atoms with Gasteiger partial charge in [-0.25, -0.2) is 4.98 Å². The zero-order valence-electron chi connectivity index (χ0n) is 16.0. The van der Waals surface area contributed by atoms with Crippen LogP contribution < -0.4 is 4.90 Å². The van der Waals surface area contributed by atoms with Gasteiger partial charge >= 0.3 is 0 Å². The zero-order valence-corrected chi connectivity index (χ0v) is 16.9. The Morgan fingerprint density at radius 2 is 1.86 bits per heavy atom. The predicted molar refractivity (Wildman–Crippen MR) is 114 cm³/mol. The highest BCUT2D eigenvalue weighted by Crippen LogP contribution is 2.47. The molecule has 0 bridgehead atoms. The van der Waals surface area contributed by atoms with Crippen molar-refractivity contribution in [1.29, 1.82) is 5.26 Å². The molecule has 0 aliphatic carbocycles. The van der Waals surface area contributed by atoms with Crippen LogP contribution in [0.25, 0.3) is 11.1 Å². The molecular weight excluding hydrogens is 366 g/mol. The molecule has 1 fully saturated rings. The Bertz CT molecular complexity index is 1020. The standard InChI is InChI=1S/C23H23N3OS/c1-3-16-13-25-23(28-16)26-20(12-24)22(21(26)14-27)19-11-7-6-10-18(19)17-9-5-4-8-15(17)2/h4-11,13,20-22,27H,3,14H2,1-2H3/t20-,21+,22-/m0/s1. The number of hydrogen-bond donors (Lipinski definition) is 1. The van der Waals surface area contributed by atoms with Crippen LogP contribution in [0.4, 0.5) is 5.13 Å². The maximum atomic E-state index is 10.2. The van der Waals surface area contributed by atoms with Crippen molar-refractivity contribution in [3.05, 3.63) is 70.7 Å². The molecule has 0 spiro atoms. The highest BCUT2D eigenvalue weighted by Gasteiger charge is 2.51. The molecular formula is C23H23N3OS. The summed E-state index contributed by atoms with van der Waals surface area (Å²) in [6.07, 6.45) is 2.80. The third kappa shape index (κ3) is 2.99. The van der Waals surface area contributed by atoms with Gasteiger partial charge in [0.05, 0.1) is 18.7 Å². The van der Waals surface area contributed by atoms with Gasteiger partial charge in [-0.15, -0.1) is 11.3 Å². The minimum atomic E-state index is -0.335. The summed E-state index contributed by atoms with van der Waals surface area (Å²) in [4.78, 5) is 7.69. The topological polar surface area (TPSA) is 60.1 Å². The van der Waals surface area contributed by atoms with E-state index in [-0.39, 0.29) is 24.6 Å². The van der Waals surface area contributed by atoms with E-state index in [1.54, 1.807) is 11.3 Å². The number of nitriles is 1. The van der Waals surface area contributed by atoms with Crippen LogP contribution in [-0.2, 0) is 6.42 Å². The minimum absolute atomic E-state index is 0.00795. The van der Waals surface area contributed by atoms with E-state index in [9.17, 15) is 10.4 Å². The molecule has 1 aromatic heterocycles. The second-order valence-electron chi connectivity index (χ2n) is 7.12. The van der Waals surface area contributed by atoms with Crippen LogP contribution in [0.3, 0.4) is 0 Å². The van der Waals surface area contributed by atoms with E-state index in [0.29, 0.717) is 0 Å². The molecule has 3 aromatic rings. The molecule has 28 heavy (non-hydrogen) atoms. The quantitative estimate of drug-likeness (QED) is 0.696. The Balaban J connectivity index is 1.76. The lowest BCUT2D eigenvalue weighted by molar-refractivity contribution is 0.188. The van der Waals surface area contributed by atoms with E-state index in [1.165, 1.54) is 16.0 Å². The average Bonchev–Trinajstić information content (AvgIpc) is 3.17. The zero-order chi connectivity index (χ0) is 19.7. The van der Waals surface area contributed by atoms with Gasteiger partial charge < -0.3 is 10.0 Å². The SMILES string of the molecule is CCc1cnc(N2[C@H](CO)[C@@H](c3ccccc3-c3ccccc3C)[C@@H]2C#N)s1. The first-order chi connectivity index (χ1) is 13.7. The summed E-state index contributed by atoms with van der Waals surface area (Å²) in [5.74, 6) is -0.0558. The molecule has 1 aliphatic rings. The van der Waals surface area contributed by atoms with Crippen molar-refractivity contribution in [2.45, 2.75) is 38.3 Å². The summed E-state index contributed by atoms with van der Waals surface area (Å²) < 4.78 is 0. The molecule has 2 aromatic carbocycles. The Morgan fingerprint density at radius 3 is 2.50 bits per heavy atom. The molecule has 0 amide bonds. The van der Waals surface area contributed by atoms with Gasteiger partial charge in [-0.1, -0.05) is 55.5 Å². The Labute approximate surface area is 169 Å². The van der Waals surface area contributed by atoms with E-state index in [1.807, 2.05) is 35.4 Å². The van der Waals surface area contributed by atoms with Gasteiger partial charge in [-0.3, -0.25) is 0 Å². The highest BCUT2D eigenvalue weighted by atomic mass is 32.1.